The van der Waals surface area contributed by atoms with Crippen LogP contribution in [0.2, 0.25) is 0 Å². The summed E-state index contributed by atoms with van der Waals surface area (Å²) >= 11 is 0. The van der Waals surface area contributed by atoms with E-state index in [1.165, 1.54) is 135 Å². The molecule has 1 aliphatic rings. The molecule has 0 bridgehead atoms. The number of carbonyl (C=O) groups excluding carboxylic acids is 2. The number of aliphatic hydroxyl groups excluding tert-OH is 3. The molecule has 1 heterocycles. The van der Waals surface area contributed by atoms with Crippen LogP contribution in [0.4, 0.5) is 0 Å². The van der Waals surface area contributed by atoms with Crippen molar-refractivity contribution in [3.63, 3.8) is 0 Å². The second kappa shape index (κ2) is 31.3. The minimum Gasteiger partial charge on any atom is -0.394 e. The lowest BCUT2D eigenvalue weighted by Crippen LogP contribution is -2.69. The zero-order chi connectivity index (χ0) is 36.8. The third-order valence-electron chi connectivity index (χ3n) is 10.5. The second-order valence-electron chi connectivity index (χ2n) is 15.2. The number of hydrogen-bond acceptors (Lipinski definition) is 7. The largest absolute Gasteiger partial charge is 0.394 e. The van der Waals surface area contributed by atoms with Crippen LogP contribution in [-0.2, 0) is 14.3 Å². The number of hydrogen-bond donors (Lipinski definition) is 5. The van der Waals surface area contributed by atoms with Gasteiger partial charge in [-0.3, -0.25) is 9.59 Å². The lowest BCUT2D eigenvalue weighted by atomic mass is 9.94. The lowest BCUT2D eigenvalue weighted by Gasteiger charge is -2.47. The topological polar surface area (TPSA) is 145 Å². The first kappa shape index (κ1) is 46.8. The highest BCUT2D eigenvalue weighted by Gasteiger charge is 2.48. The maximum Gasteiger partial charge on any atom is 0.237 e. The van der Waals surface area contributed by atoms with Crippen LogP contribution in [0.3, 0.4) is 0 Å². The van der Waals surface area contributed by atoms with Crippen LogP contribution < -0.4 is 11.1 Å². The highest BCUT2D eigenvalue weighted by molar-refractivity contribution is 5.81. The SMILES string of the molecule is CCCCCCCCCCCCCCCCCCN(C(=O)CCCCCCCCCCCCC)[C@@H]1O[C@H](CO)[C@@H](O)[C@H](O)[C@H]1NC(=O)[C@@H](C)N. The van der Waals surface area contributed by atoms with Crippen LogP contribution in [0.1, 0.15) is 201 Å². The first-order chi connectivity index (χ1) is 24.3. The Bertz CT molecular complexity index is 815. The number of amides is 2. The molecule has 1 saturated heterocycles. The molecule has 0 aromatic heterocycles. The summed E-state index contributed by atoms with van der Waals surface area (Å²) in [7, 11) is 0. The van der Waals surface area contributed by atoms with E-state index in [1.54, 1.807) is 11.8 Å². The molecule has 6 N–H and O–H groups in total. The molecule has 50 heavy (non-hydrogen) atoms. The summed E-state index contributed by atoms with van der Waals surface area (Å²) in [4.78, 5) is 28.0. The van der Waals surface area contributed by atoms with E-state index in [4.69, 9.17) is 10.5 Å². The van der Waals surface area contributed by atoms with Crippen LogP contribution >= 0.6 is 0 Å². The third-order valence-corrected chi connectivity index (χ3v) is 10.5. The average Bonchev–Trinajstić information content (AvgIpc) is 3.10. The van der Waals surface area contributed by atoms with Gasteiger partial charge in [0.25, 0.3) is 0 Å². The zero-order valence-corrected chi connectivity index (χ0v) is 32.8. The Labute approximate surface area is 307 Å². The number of nitrogens with zero attached hydrogens (tertiary/aromatic N) is 1. The molecule has 1 rings (SSSR count). The van der Waals surface area contributed by atoms with Gasteiger partial charge in [0, 0.05) is 13.0 Å². The number of nitrogens with two attached hydrogens (primary N) is 1. The van der Waals surface area contributed by atoms with Gasteiger partial charge in [0.05, 0.1) is 12.6 Å². The molecule has 0 saturated carbocycles. The summed E-state index contributed by atoms with van der Waals surface area (Å²) in [5, 5.41) is 34.3. The summed E-state index contributed by atoms with van der Waals surface area (Å²) in [5.74, 6) is -0.593. The Morgan fingerprint density at radius 2 is 1.02 bits per heavy atom. The number of aliphatic hydroxyl groups is 3. The molecular formula is C41H81N3O6. The van der Waals surface area contributed by atoms with E-state index < -0.39 is 49.1 Å². The van der Waals surface area contributed by atoms with Gasteiger partial charge in [0.1, 0.15) is 24.4 Å². The van der Waals surface area contributed by atoms with Crippen molar-refractivity contribution in [1.29, 1.82) is 0 Å². The maximum absolute atomic E-state index is 13.7. The fourth-order valence-corrected chi connectivity index (χ4v) is 7.12. The van der Waals surface area contributed by atoms with Crippen LogP contribution in [0, 0.1) is 0 Å². The van der Waals surface area contributed by atoms with Gasteiger partial charge >= 0.3 is 0 Å². The lowest BCUT2D eigenvalue weighted by molar-refractivity contribution is -0.231. The number of ether oxygens (including phenoxy) is 1. The monoisotopic (exact) mass is 712 g/mol. The molecule has 6 atom stereocenters. The summed E-state index contributed by atoms with van der Waals surface area (Å²) in [6.07, 6.45) is 28.7. The molecule has 296 valence electrons. The van der Waals surface area contributed by atoms with E-state index in [0.29, 0.717) is 13.0 Å². The Morgan fingerprint density at radius 3 is 1.40 bits per heavy atom. The first-order valence-electron chi connectivity index (χ1n) is 21.3. The number of rotatable bonds is 33. The van der Waals surface area contributed by atoms with Crippen molar-refractivity contribution in [1.82, 2.24) is 10.2 Å². The molecule has 2 amide bonds. The molecule has 0 radical (unpaired) electrons. The normalized spacial score (nSPS) is 21.3. The second-order valence-corrected chi connectivity index (χ2v) is 15.2. The van der Waals surface area contributed by atoms with Gasteiger partial charge in [0.2, 0.25) is 11.8 Å². The van der Waals surface area contributed by atoms with Crippen molar-refractivity contribution in [3.05, 3.63) is 0 Å². The summed E-state index contributed by atoms with van der Waals surface area (Å²) in [6.45, 7) is 5.96. The van der Waals surface area contributed by atoms with Crippen molar-refractivity contribution < 1.29 is 29.6 Å². The third kappa shape index (κ3) is 21.3. The van der Waals surface area contributed by atoms with Crippen molar-refractivity contribution in [2.45, 2.75) is 237 Å². The molecule has 1 aliphatic heterocycles. The quantitative estimate of drug-likeness (QED) is 0.0433. The molecule has 0 unspecified atom stereocenters. The highest BCUT2D eigenvalue weighted by Crippen LogP contribution is 2.26. The van der Waals surface area contributed by atoms with Crippen molar-refractivity contribution >= 4 is 11.8 Å². The molecule has 9 heteroatoms. The van der Waals surface area contributed by atoms with Gasteiger partial charge in [-0.15, -0.1) is 0 Å². The maximum atomic E-state index is 13.7. The minimum absolute atomic E-state index is 0.0905. The van der Waals surface area contributed by atoms with Gasteiger partial charge in [-0.05, 0) is 19.8 Å². The van der Waals surface area contributed by atoms with Crippen LogP contribution in [0.25, 0.3) is 0 Å². The molecule has 1 fully saturated rings. The van der Waals surface area contributed by atoms with E-state index in [1.807, 2.05) is 0 Å². The Kier molecular flexibility index (Phi) is 29.3. The van der Waals surface area contributed by atoms with Crippen LogP contribution in [0.5, 0.6) is 0 Å². The van der Waals surface area contributed by atoms with Crippen LogP contribution in [0.15, 0.2) is 0 Å². The fourth-order valence-electron chi connectivity index (χ4n) is 7.12. The van der Waals surface area contributed by atoms with Gasteiger partial charge in [-0.1, -0.05) is 174 Å². The van der Waals surface area contributed by atoms with E-state index in [9.17, 15) is 24.9 Å². The Balaban J connectivity index is 2.59. The smallest absolute Gasteiger partial charge is 0.237 e. The van der Waals surface area contributed by atoms with Gasteiger partial charge in [-0.2, -0.15) is 0 Å². The molecule has 9 nitrogen and oxygen atoms in total. The standard InChI is InChI=1S/C41H81N3O6/c1-4-6-8-10-12-14-16-17-18-19-20-22-24-26-28-30-32-44(36(46)31-29-27-25-23-21-15-13-11-9-7-5-2)41-37(43-40(49)34(3)42)39(48)38(47)35(33-45)50-41/h34-35,37-39,41,45,47-48H,4-33,42H2,1-3H3,(H,43,49)/t34-,35-,37-,38-,39-,41-/m1/s1. The predicted molar refractivity (Wildman–Crippen MR) is 206 cm³/mol. The van der Waals surface area contributed by atoms with Crippen molar-refractivity contribution in [2.24, 2.45) is 5.73 Å². The Morgan fingerprint density at radius 1 is 0.640 bits per heavy atom. The van der Waals surface area contributed by atoms with E-state index in [-0.39, 0.29) is 5.91 Å². The van der Waals surface area contributed by atoms with Crippen molar-refractivity contribution in [3.8, 4) is 0 Å². The van der Waals surface area contributed by atoms with Gasteiger partial charge in [-0.25, -0.2) is 0 Å². The summed E-state index contributed by atoms with van der Waals surface area (Å²) < 4.78 is 6.07. The van der Waals surface area contributed by atoms with Gasteiger partial charge < -0.3 is 36.0 Å². The van der Waals surface area contributed by atoms with E-state index in [0.717, 1.165) is 38.5 Å². The molecule has 0 aromatic rings. The number of nitrogens with one attached hydrogen (secondary N) is 1. The first-order valence-corrected chi connectivity index (χ1v) is 21.3. The zero-order valence-electron chi connectivity index (χ0n) is 32.8. The van der Waals surface area contributed by atoms with Gasteiger partial charge in [0.15, 0.2) is 6.23 Å². The molecule has 0 aromatic carbocycles. The van der Waals surface area contributed by atoms with Crippen LogP contribution in [-0.4, -0.2) is 81.8 Å². The summed E-state index contributed by atoms with van der Waals surface area (Å²) in [6, 6.07) is -1.90. The van der Waals surface area contributed by atoms with E-state index >= 15 is 0 Å². The predicted octanol–water partition coefficient (Wildman–Crippen LogP) is 8.05. The molecule has 0 aliphatic carbocycles. The highest BCUT2D eigenvalue weighted by atomic mass is 16.5. The minimum atomic E-state index is -1.42. The summed E-state index contributed by atoms with van der Waals surface area (Å²) in [5.41, 5.74) is 5.80. The fraction of sp³-hybridized carbons (Fsp3) is 0.951. The molecule has 0 spiro atoms. The van der Waals surface area contributed by atoms with Crippen molar-refractivity contribution in [2.75, 3.05) is 13.2 Å². The average molecular weight is 712 g/mol. The van der Waals surface area contributed by atoms with E-state index in [2.05, 4.69) is 19.2 Å². The number of carbonyl (C=O) groups is 2. The molecular weight excluding hydrogens is 630 g/mol. The Hall–Kier alpha value is -1.26. The number of unbranched alkanes of at least 4 members (excludes halogenated alkanes) is 25.